The van der Waals surface area contributed by atoms with E-state index in [4.69, 9.17) is 15.7 Å². The molecule has 0 radical (unpaired) electrons. The van der Waals surface area contributed by atoms with Crippen LogP contribution in [-0.4, -0.2) is 42.3 Å². The molecule has 0 bridgehead atoms. The molecule has 16 heavy (non-hydrogen) atoms. The number of ether oxygens (including phenoxy) is 1. The van der Waals surface area contributed by atoms with E-state index in [9.17, 15) is 0 Å². The minimum absolute atomic E-state index is 0.316. The summed E-state index contributed by atoms with van der Waals surface area (Å²) in [5, 5.41) is 8.82. The quantitative estimate of drug-likeness (QED) is 0.778. The van der Waals surface area contributed by atoms with E-state index >= 15 is 0 Å². The first-order valence-electron chi connectivity index (χ1n) is 6.00. The van der Waals surface area contributed by atoms with Gasteiger partial charge in [-0.15, -0.1) is 0 Å². The third kappa shape index (κ3) is 4.09. The average molecular weight is 225 g/mol. The molecule has 0 aromatic carbocycles. The van der Waals surface area contributed by atoms with Gasteiger partial charge in [-0.05, 0) is 40.2 Å². The van der Waals surface area contributed by atoms with Crippen molar-refractivity contribution in [3.63, 3.8) is 0 Å². The summed E-state index contributed by atoms with van der Waals surface area (Å²) in [7, 11) is 0. The topological polar surface area (TPSA) is 62.3 Å². The van der Waals surface area contributed by atoms with Crippen LogP contribution in [0, 0.1) is 11.3 Å². The van der Waals surface area contributed by atoms with Crippen LogP contribution >= 0.6 is 0 Å². The van der Waals surface area contributed by atoms with E-state index in [0.717, 1.165) is 32.5 Å². The van der Waals surface area contributed by atoms with Crippen LogP contribution in [0.4, 0.5) is 0 Å². The number of hydrogen-bond donors (Lipinski definition) is 1. The first-order valence-corrected chi connectivity index (χ1v) is 6.00. The number of morpholine rings is 1. The summed E-state index contributed by atoms with van der Waals surface area (Å²) < 4.78 is 5.57. The fourth-order valence-electron chi connectivity index (χ4n) is 1.99. The van der Waals surface area contributed by atoms with Gasteiger partial charge in [0, 0.05) is 12.6 Å². The molecule has 4 heteroatoms. The highest BCUT2D eigenvalue weighted by molar-refractivity contribution is 5.00. The Morgan fingerprint density at radius 2 is 2.25 bits per heavy atom. The molecule has 3 unspecified atom stereocenters. The molecule has 1 rings (SSSR count). The van der Waals surface area contributed by atoms with E-state index in [1.165, 1.54) is 0 Å². The van der Waals surface area contributed by atoms with Crippen molar-refractivity contribution in [2.24, 2.45) is 5.73 Å². The summed E-state index contributed by atoms with van der Waals surface area (Å²) in [6, 6.07) is 2.61. The molecule has 3 atom stereocenters. The number of nitrogens with two attached hydrogens (primary N) is 1. The van der Waals surface area contributed by atoms with E-state index in [2.05, 4.69) is 24.8 Å². The first-order chi connectivity index (χ1) is 7.44. The van der Waals surface area contributed by atoms with Crippen LogP contribution in [0.25, 0.3) is 0 Å². The van der Waals surface area contributed by atoms with Gasteiger partial charge in [0.05, 0.1) is 18.8 Å². The van der Waals surface area contributed by atoms with Gasteiger partial charge in [0.2, 0.25) is 0 Å². The van der Waals surface area contributed by atoms with Crippen molar-refractivity contribution < 1.29 is 4.74 Å². The predicted octanol–water partition coefficient (Wildman–Crippen LogP) is 1.12. The van der Waals surface area contributed by atoms with Crippen LogP contribution < -0.4 is 5.73 Å². The fourth-order valence-corrected chi connectivity index (χ4v) is 1.99. The van der Waals surface area contributed by atoms with Crippen molar-refractivity contribution in [2.75, 3.05) is 19.7 Å². The molecule has 1 saturated heterocycles. The zero-order chi connectivity index (χ0) is 12.2. The van der Waals surface area contributed by atoms with Crippen molar-refractivity contribution in [1.29, 1.82) is 5.26 Å². The van der Waals surface area contributed by atoms with Gasteiger partial charge in [0.15, 0.2) is 0 Å². The Labute approximate surface area is 98.4 Å². The van der Waals surface area contributed by atoms with Gasteiger partial charge in [0.25, 0.3) is 0 Å². The molecule has 0 aromatic rings. The van der Waals surface area contributed by atoms with Crippen LogP contribution in [0.1, 0.15) is 33.6 Å². The summed E-state index contributed by atoms with van der Waals surface area (Å²) in [5.74, 6) is 0. The van der Waals surface area contributed by atoms with Gasteiger partial charge < -0.3 is 10.5 Å². The molecule has 0 amide bonds. The molecular formula is C12H23N3O. The van der Waals surface area contributed by atoms with E-state index in [-0.39, 0.29) is 0 Å². The fraction of sp³-hybridized carbons (Fsp3) is 0.917. The number of nitrogens with zero attached hydrogens (tertiary/aromatic N) is 2. The maximum Gasteiger partial charge on any atom is 0.101 e. The average Bonchev–Trinajstić information content (AvgIpc) is 2.23. The molecule has 0 aliphatic carbocycles. The molecule has 1 aliphatic rings. The number of nitriles is 1. The Bertz CT molecular complexity index is 259. The molecule has 0 aromatic heterocycles. The van der Waals surface area contributed by atoms with E-state index in [1.54, 1.807) is 6.92 Å². The lowest BCUT2D eigenvalue weighted by Gasteiger charge is -2.37. The molecule has 1 fully saturated rings. The lowest BCUT2D eigenvalue weighted by molar-refractivity contribution is -0.0498. The number of hydrogen-bond acceptors (Lipinski definition) is 4. The van der Waals surface area contributed by atoms with Crippen molar-refractivity contribution in [1.82, 2.24) is 4.90 Å². The number of rotatable bonds is 4. The van der Waals surface area contributed by atoms with Crippen molar-refractivity contribution in [2.45, 2.75) is 51.3 Å². The lowest BCUT2D eigenvalue weighted by Crippen LogP contribution is -2.48. The van der Waals surface area contributed by atoms with Crippen molar-refractivity contribution in [3.05, 3.63) is 0 Å². The standard InChI is InChI=1S/C12H23N3O/c1-10-8-16-11(2)7-15(10)6-4-5-12(3,14)9-13/h10-11H,4-8,14H2,1-3H3. The van der Waals surface area contributed by atoms with E-state index < -0.39 is 5.54 Å². The molecule has 1 heterocycles. The van der Waals surface area contributed by atoms with Crippen molar-refractivity contribution >= 4 is 0 Å². The monoisotopic (exact) mass is 225 g/mol. The Hall–Kier alpha value is -0.630. The minimum atomic E-state index is -0.679. The van der Waals surface area contributed by atoms with E-state index in [0.29, 0.717) is 12.1 Å². The zero-order valence-electron chi connectivity index (χ0n) is 10.6. The Morgan fingerprint density at radius 3 is 2.88 bits per heavy atom. The van der Waals surface area contributed by atoms with Crippen LogP contribution in [0.2, 0.25) is 0 Å². The molecule has 1 aliphatic heterocycles. The summed E-state index contributed by atoms with van der Waals surface area (Å²) >= 11 is 0. The van der Waals surface area contributed by atoms with Crippen LogP contribution in [0.3, 0.4) is 0 Å². The Morgan fingerprint density at radius 1 is 1.56 bits per heavy atom. The first kappa shape index (κ1) is 13.4. The maximum absolute atomic E-state index is 8.82. The van der Waals surface area contributed by atoms with Crippen LogP contribution in [0.15, 0.2) is 0 Å². The molecule has 4 nitrogen and oxygen atoms in total. The molecule has 2 N–H and O–H groups in total. The molecular weight excluding hydrogens is 202 g/mol. The molecule has 0 saturated carbocycles. The second-order valence-electron chi connectivity index (χ2n) is 5.12. The van der Waals surface area contributed by atoms with Gasteiger partial charge in [-0.25, -0.2) is 0 Å². The smallest absolute Gasteiger partial charge is 0.101 e. The Kier molecular flexibility index (Phi) is 4.72. The minimum Gasteiger partial charge on any atom is -0.376 e. The van der Waals surface area contributed by atoms with Gasteiger partial charge in [-0.2, -0.15) is 5.26 Å². The van der Waals surface area contributed by atoms with Gasteiger partial charge >= 0.3 is 0 Å². The summed E-state index contributed by atoms with van der Waals surface area (Å²) in [4.78, 5) is 2.42. The van der Waals surface area contributed by atoms with E-state index in [1.807, 2.05) is 0 Å². The zero-order valence-corrected chi connectivity index (χ0v) is 10.6. The van der Waals surface area contributed by atoms with Crippen LogP contribution in [0.5, 0.6) is 0 Å². The Balaban J connectivity index is 2.29. The van der Waals surface area contributed by atoms with Gasteiger partial charge in [-0.1, -0.05) is 0 Å². The summed E-state index contributed by atoms with van der Waals surface area (Å²) in [6.07, 6.45) is 2.04. The second-order valence-corrected chi connectivity index (χ2v) is 5.12. The van der Waals surface area contributed by atoms with Crippen molar-refractivity contribution in [3.8, 4) is 6.07 Å². The molecule has 92 valence electrons. The second kappa shape index (κ2) is 5.62. The SMILES string of the molecule is CC1CN(CCCC(C)(N)C#N)C(C)CO1. The van der Waals surface area contributed by atoms with Gasteiger partial charge in [0.1, 0.15) is 5.54 Å². The largest absolute Gasteiger partial charge is 0.376 e. The molecule has 0 spiro atoms. The third-order valence-electron chi connectivity index (χ3n) is 3.13. The summed E-state index contributed by atoms with van der Waals surface area (Å²) in [6.45, 7) is 8.86. The lowest BCUT2D eigenvalue weighted by atomic mass is 9.99. The van der Waals surface area contributed by atoms with Crippen LogP contribution in [-0.2, 0) is 4.74 Å². The highest BCUT2D eigenvalue weighted by Gasteiger charge is 2.24. The highest BCUT2D eigenvalue weighted by atomic mass is 16.5. The normalized spacial score (nSPS) is 30.7. The predicted molar refractivity (Wildman–Crippen MR) is 63.9 cm³/mol. The summed E-state index contributed by atoms with van der Waals surface area (Å²) in [5.41, 5.74) is 5.11. The van der Waals surface area contributed by atoms with Gasteiger partial charge in [-0.3, -0.25) is 4.90 Å². The maximum atomic E-state index is 8.82. The third-order valence-corrected chi connectivity index (χ3v) is 3.13. The highest BCUT2D eigenvalue weighted by Crippen LogP contribution is 2.14.